The van der Waals surface area contributed by atoms with E-state index in [2.05, 4.69) is 0 Å². The molecule has 0 aliphatic carbocycles. The fourth-order valence-corrected chi connectivity index (χ4v) is 1.59. The summed E-state index contributed by atoms with van der Waals surface area (Å²) in [4.78, 5) is 20.6. The average molecular weight is 246 g/mol. The molecular weight excluding hydrogens is 238 g/mol. The van der Waals surface area contributed by atoms with Gasteiger partial charge in [-0.15, -0.1) is 0 Å². The van der Waals surface area contributed by atoms with Gasteiger partial charge in [0.05, 0.1) is 10.5 Å². The maximum Gasteiger partial charge on any atom is 0.336 e. The van der Waals surface area contributed by atoms with Crippen LogP contribution < -0.4 is 0 Å². The molecule has 6 nitrogen and oxygen atoms in total. The van der Waals surface area contributed by atoms with Gasteiger partial charge < -0.3 is 10.2 Å². The van der Waals surface area contributed by atoms with Crippen LogP contribution in [0.4, 0.5) is 5.69 Å². The number of phenols is 1. The van der Waals surface area contributed by atoms with E-state index in [9.17, 15) is 20.0 Å². The molecule has 0 heterocycles. The molecule has 0 amide bonds. The van der Waals surface area contributed by atoms with Gasteiger partial charge in [0.2, 0.25) is 0 Å². The van der Waals surface area contributed by atoms with E-state index in [0.29, 0.717) is 0 Å². The number of hydrogen-bond donors (Lipinski definition) is 2. The Morgan fingerprint density at radius 2 is 2.19 bits per heavy atom. The molecule has 7 heteroatoms. The number of nitro groups is 1. The Balaban J connectivity index is 3.62. The molecule has 1 aromatic carbocycles. The van der Waals surface area contributed by atoms with E-state index < -0.39 is 27.4 Å². The molecule has 0 radical (unpaired) electrons. The zero-order chi connectivity index (χ0) is 12.5. The number of aromatic hydroxyl groups is 1. The largest absolute Gasteiger partial charge is 0.506 e. The van der Waals surface area contributed by atoms with E-state index in [1.165, 1.54) is 0 Å². The summed E-state index contributed by atoms with van der Waals surface area (Å²) in [7, 11) is 0. The first-order valence-electron chi connectivity index (χ1n) is 4.32. The highest BCUT2D eigenvalue weighted by Gasteiger charge is 2.25. The van der Waals surface area contributed by atoms with Crippen LogP contribution in [0, 0.1) is 10.1 Å². The van der Waals surface area contributed by atoms with Gasteiger partial charge in [0.25, 0.3) is 5.69 Å². The normalized spacial score (nSPS) is 10.1. The number of benzene rings is 1. The third kappa shape index (κ3) is 1.92. The van der Waals surface area contributed by atoms with E-state index in [1.54, 1.807) is 6.92 Å². The van der Waals surface area contributed by atoms with Crippen LogP contribution >= 0.6 is 11.6 Å². The van der Waals surface area contributed by atoms with Crippen molar-refractivity contribution in [1.29, 1.82) is 0 Å². The summed E-state index contributed by atoms with van der Waals surface area (Å²) < 4.78 is 0. The lowest BCUT2D eigenvalue weighted by Gasteiger charge is -2.08. The summed E-state index contributed by atoms with van der Waals surface area (Å²) in [6.45, 7) is 1.61. The first kappa shape index (κ1) is 12.3. The topological polar surface area (TPSA) is 101 Å². The van der Waals surface area contributed by atoms with Crippen molar-refractivity contribution in [3.8, 4) is 5.75 Å². The van der Waals surface area contributed by atoms with E-state index in [-0.39, 0.29) is 17.5 Å². The second kappa shape index (κ2) is 4.36. The van der Waals surface area contributed by atoms with Crippen molar-refractivity contribution in [2.24, 2.45) is 0 Å². The number of nitro benzene ring substituents is 1. The van der Waals surface area contributed by atoms with Crippen molar-refractivity contribution in [2.75, 3.05) is 0 Å². The molecule has 1 aromatic rings. The molecule has 0 atom stereocenters. The lowest BCUT2D eigenvalue weighted by molar-refractivity contribution is -0.384. The van der Waals surface area contributed by atoms with Gasteiger partial charge >= 0.3 is 5.97 Å². The predicted molar refractivity (Wildman–Crippen MR) is 56.1 cm³/mol. The van der Waals surface area contributed by atoms with Gasteiger partial charge in [-0.1, -0.05) is 18.5 Å². The Kier molecular flexibility index (Phi) is 3.34. The average Bonchev–Trinajstić information content (AvgIpc) is 2.20. The molecule has 16 heavy (non-hydrogen) atoms. The highest BCUT2D eigenvalue weighted by atomic mass is 35.5. The Hall–Kier alpha value is -1.82. The molecule has 0 fully saturated rings. The maximum atomic E-state index is 10.8. The van der Waals surface area contributed by atoms with Crippen LogP contribution in [-0.2, 0) is 6.42 Å². The minimum Gasteiger partial charge on any atom is -0.506 e. The van der Waals surface area contributed by atoms with Gasteiger partial charge in [0.15, 0.2) is 5.02 Å². The first-order chi connectivity index (χ1) is 7.40. The van der Waals surface area contributed by atoms with Crippen LogP contribution in [0.5, 0.6) is 5.75 Å². The van der Waals surface area contributed by atoms with E-state index >= 15 is 0 Å². The fourth-order valence-electron chi connectivity index (χ4n) is 1.35. The molecule has 0 saturated carbocycles. The minimum absolute atomic E-state index is 0.0862. The maximum absolute atomic E-state index is 10.8. The highest BCUT2D eigenvalue weighted by molar-refractivity contribution is 6.34. The van der Waals surface area contributed by atoms with Crippen molar-refractivity contribution in [3.05, 3.63) is 32.3 Å². The van der Waals surface area contributed by atoms with Crippen LogP contribution in [0.1, 0.15) is 22.8 Å². The number of phenolic OH excluding ortho intramolecular Hbond substituents is 1. The van der Waals surface area contributed by atoms with Gasteiger partial charge in [-0.2, -0.15) is 0 Å². The minimum atomic E-state index is -1.34. The molecule has 0 saturated heterocycles. The molecule has 1 rings (SSSR count). The summed E-state index contributed by atoms with van der Waals surface area (Å²) in [5.74, 6) is -1.89. The zero-order valence-corrected chi connectivity index (χ0v) is 8.98. The Labute approximate surface area is 95.2 Å². The molecule has 0 aliphatic rings. The summed E-state index contributed by atoms with van der Waals surface area (Å²) in [6, 6.07) is 0.850. The third-order valence-corrected chi connectivity index (χ3v) is 2.48. The number of aromatic carboxylic acids is 1. The summed E-state index contributed by atoms with van der Waals surface area (Å²) in [5.41, 5.74) is -0.840. The number of hydrogen-bond acceptors (Lipinski definition) is 4. The fraction of sp³-hybridized carbons (Fsp3) is 0.222. The highest BCUT2D eigenvalue weighted by Crippen LogP contribution is 2.38. The second-order valence-corrected chi connectivity index (χ2v) is 3.38. The summed E-state index contributed by atoms with van der Waals surface area (Å²) >= 11 is 5.56. The summed E-state index contributed by atoms with van der Waals surface area (Å²) in [6.07, 6.45) is 0.213. The Morgan fingerprint density at radius 3 is 2.56 bits per heavy atom. The molecule has 86 valence electrons. The van der Waals surface area contributed by atoms with E-state index in [0.717, 1.165) is 6.07 Å². The number of carboxylic acid groups (broad SMARTS) is 1. The molecular formula is C9H8ClNO5. The molecule has 2 N–H and O–H groups in total. The SMILES string of the molecule is CCc1c(C(=O)O)cc([N+](=O)[O-])c(Cl)c1O. The van der Waals surface area contributed by atoms with Gasteiger partial charge in [-0.05, 0) is 6.42 Å². The van der Waals surface area contributed by atoms with E-state index in [1.807, 2.05) is 0 Å². The van der Waals surface area contributed by atoms with Crippen LogP contribution in [0.3, 0.4) is 0 Å². The number of carboxylic acids is 1. The molecule has 0 aliphatic heterocycles. The zero-order valence-electron chi connectivity index (χ0n) is 8.23. The van der Waals surface area contributed by atoms with Gasteiger partial charge in [0, 0.05) is 11.6 Å². The molecule has 0 spiro atoms. The number of carbonyl (C=O) groups is 1. The van der Waals surface area contributed by atoms with Gasteiger partial charge in [-0.3, -0.25) is 10.1 Å². The quantitative estimate of drug-likeness (QED) is 0.628. The molecule has 0 bridgehead atoms. The monoisotopic (exact) mass is 245 g/mol. The van der Waals surface area contributed by atoms with Gasteiger partial charge in [0.1, 0.15) is 5.75 Å². The number of halogens is 1. The lowest BCUT2D eigenvalue weighted by atomic mass is 10.0. The lowest BCUT2D eigenvalue weighted by Crippen LogP contribution is -2.04. The van der Waals surface area contributed by atoms with Crippen molar-refractivity contribution < 1.29 is 19.9 Å². The van der Waals surface area contributed by atoms with E-state index in [4.69, 9.17) is 16.7 Å². The van der Waals surface area contributed by atoms with Crippen molar-refractivity contribution in [3.63, 3.8) is 0 Å². The summed E-state index contributed by atoms with van der Waals surface area (Å²) in [5, 5.41) is 28.5. The molecule has 0 unspecified atom stereocenters. The number of nitrogens with zero attached hydrogens (tertiary/aromatic N) is 1. The molecule has 0 aromatic heterocycles. The number of rotatable bonds is 3. The predicted octanol–water partition coefficient (Wildman–Crippen LogP) is 2.21. The van der Waals surface area contributed by atoms with Crippen molar-refractivity contribution in [2.45, 2.75) is 13.3 Å². The standard InChI is InChI=1S/C9H8ClNO5/c1-2-4-5(9(13)14)3-6(11(15)16)7(10)8(4)12/h3,12H,2H2,1H3,(H,13,14). The van der Waals surface area contributed by atoms with Crippen LogP contribution in [0.15, 0.2) is 6.07 Å². The van der Waals surface area contributed by atoms with Crippen LogP contribution in [0.2, 0.25) is 5.02 Å². The van der Waals surface area contributed by atoms with Crippen molar-refractivity contribution in [1.82, 2.24) is 0 Å². The van der Waals surface area contributed by atoms with Crippen molar-refractivity contribution >= 4 is 23.3 Å². The van der Waals surface area contributed by atoms with Crippen LogP contribution in [-0.4, -0.2) is 21.1 Å². The smallest absolute Gasteiger partial charge is 0.336 e. The van der Waals surface area contributed by atoms with Crippen LogP contribution in [0.25, 0.3) is 0 Å². The first-order valence-corrected chi connectivity index (χ1v) is 4.70. The Morgan fingerprint density at radius 1 is 1.62 bits per heavy atom. The van der Waals surface area contributed by atoms with Gasteiger partial charge in [-0.25, -0.2) is 4.79 Å². The third-order valence-electron chi connectivity index (χ3n) is 2.11. The Bertz CT molecular complexity index is 471. The second-order valence-electron chi connectivity index (χ2n) is 3.00.